The Balaban J connectivity index is 1.30. The zero-order valence-corrected chi connectivity index (χ0v) is 16.0. The predicted octanol–water partition coefficient (Wildman–Crippen LogP) is 1.93. The molecule has 3 saturated heterocycles. The minimum Gasteiger partial charge on any atom is -0.373 e. The van der Waals surface area contributed by atoms with Gasteiger partial charge in [0, 0.05) is 43.7 Å². The Morgan fingerprint density at radius 3 is 3.00 bits per heavy atom. The number of benzene rings is 1. The van der Waals surface area contributed by atoms with Crippen LogP contribution in [0.2, 0.25) is 0 Å². The Kier molecular flexibility index (Phi) is 4.19. The average Bonchev–Trinajstić information content (AvgIpc) is 3.41. The van der Waals surface area contributed by atoms with Gasteiger partial charge in [-0.1, -0.05) is 18.2 Å². The standard InChI is InChI=1S/C21H25N5O2/c1-22-18-8-10-23-20(25-18)26-12-16-15(17-7-9-21(16,13-26)28-17)11-24-19(27)14-5-3-2-4-6-14/h2-6,8,10,15-17H,7,9,11-13H2,1H3,(H,24,27)(H,22,23,25)/t15-,16+,17+,21+/m0/s1. The van der Waals surface area contributed by atoms with E-state index in [1.54, 1.807) is 6.20 Å². The third kappa shape index (κ3) is 2.81. The quantitative estimate of drug-likeness (QED) is 0.827. The van der Waals surface area contributed by atoms with Crippen LogP contribution >= 0.6 is 0 Å². The summed E-state index contributed by atoms with van der Waals surface area (Å²) in [6.45, 7) is 2.34. The lowest BCUT2D eigenvalue weighted by molar-refractivity contribution is 0.0141. The highest BCUT2D eigenvalue weighted by Gasteiger charge is 2.63. The minimum atomic E-state index is -0.119. The minimum absolute atomic E-state index is 0.0164. The second-order valence-corrected chi connectivity index (χ2v) is 7.98. The van der Waals surface area contributed by atoms with Crippen molar-refractivity contribution in [2.24, 2.45) is 11.8 Å². The van der Waals surface area contributed by atoms with Crippen molar-refractivity contribution in [3.8, 4) is 0 Å². The van der Waals surface area contributed by atoms with E-state index in [0.29, 0.717) is 23.9 Å². The molecule has 0 unspecified atom stereocenters. The summed E-state index contributed by atoms with van der Waals surface area (Å²) in [5.41, 5.74) is 0.581. The predicted molar refractivity (Wildman–Crippen MR) is 106 cm³/mol. The molecule has 4 atom stereocenters. The van der Waals surface area contributed by atoms with Gasteiger partial charge in [0.25, 0.3) is 5.91 Å². The number of hydrogen-bond acceptors (Lipinski definition) is 6. The maximum atomic E-state index is 12.5. The topological polar surface area (TPSA) is 79.4 Å². The second kappa shape index (κ2) is 6.74. The van der Waals surface area contributed by atoms with Gasteiger partial charge in [-0.3, -0.25) is 4.79 Å². The molecule has 146 valence electrons. The monoisotopic (exact) mass is 379 g/mol. The summed E-state index contributed by atoms with van der Waals surface area (Å²) in [5.74, 6) is 2.27. The van der Waals surface area contributed by atoms with Gasteiger partial charge in [0.2, 0.25) is 5.95 Å². The smallest absolute Gasteiger partial charge is 0.251 e. The Morgan fingerprint density at radius 2 is 2.18 bits per heavy atom. The first-order chi connectivity index (χ1) is 13.7. The Morgan fingerprint density at radius 1 is 1.32 bits per heavy atom. The van der Waals surface area contributed by atoms with E-state index < -0.39 is 0 Å². The number of ether oxygens (including phenoxy) is 1. The Bertz CT molecular complexity index is 876. The molecule has 4 heterocycles. The van der Waals surface area contributed by atoms with Crippen LogP contribution in [-0.2, 0) is 4.74 Å². The highest BCUT2D eigenvalue weighted by molar-refractivity contribution is 5.94. The number of carbonyl (C=O) groups is 1. The summed E-state index contributed by atoms with van der Waals surface area (Å²) < 4.78 is 6.48. The molecule has 1 spiro atoms. The molecule has 0 aliphatic carbocycles. The first-order valence-corrected chi connectivity index (χ1v) is 9.95. The first kappa shape index (κ1) is 17.4. The van der Waals surface area contributed by atoms with Gasteiger partial charge in [-0.25, -0.2) is 4.98 Å². The molecule has 1 aromatic heterocycles. The molecular weight excluding hydrogens is 354 g/mol. The lowest BCUT2D eigenvalue weighted by atomic mass is 9.73. The summed E-state index contributed by atoms with van der Waals surface area (Å²) in [4.78, 5) is 23.8. The van der Waals surface area contributed by atoms with Crippen LogP contribution in [0.3, 0.4) is 0 Å². The third-order valence-electron chi connectivity index (χ3n) is 6.50. The zero-order chi connectivity index (χ0) is 19.1. The molecule has 7 heteroatoms. The summed E-state index contributed by atoms with van der Waals surface area (Å²) in [5, 5.41) is 6.20. The van der Waals surface area contributed by atoms with E-state index in [4.69, 9.17) is 4.74 Å². The number of amides is 1. The van der Waals surface area contributed by atoms with Gasteiger partial charge in [-0.15, -0.1) is 0 Å². The van der Waals surface area contributed by atoms with Crippen molar-refractivity contribution >= 4 is 17.7 Å². The maximum absolute atomic E-state index is 12.5. The van der Waals surface area contributed by atoms with Crippen LogP contribution in [0.1, 0.15) is 23.2 Å². The largest absolute Gasteiger partial charge is 0.373 e. The number of aromatic nitrogens is 2. The fourth-order valence-corrected chi connectivity index (χ4v) is 5.16. The molecule has 3 aliphatic heterocycles. The molecular formula is C21H25N5O2. The number of hydrogen-bond donors (Lipinski definition) is 2. The van der Waals surface area contributed by atoms with Gasteiger partial charge in [-0.2, -0.15) is 4.98 Å². The van der Waals surface area contributed by atoms with E-state index in [2.05, 4.69) is 25.5 Å². The van der Waals surface area contributed by atoms with Gasteiger partial charge < -0.3 is 20.3 Å². The van der Waals surface area contributed by atoms with Crippen molar-refractivity contribution in [1.82, 2.24) is 15.3 Å². The summed E-state index contributed by atoms with van der Waals surface area (Å²) in [7, 11) is 1.86. The van der Waals surface area contributed by atoms with Crippen molar-refractivity contribution < 1.29 is 9.53 Å². The van der Waals surface area contributed by atoms with E-state index >= 15 is 0 Å². The molecule has 7 nitrogen and oxygen atoms in total. The van der Waals surface area contributed by atoms with Gasteiger partial charge in [-0.05, 0) is 31.0 Å². The van der Waals surface area contributed by atoms with Crippen LogP contribution < -0.4 is 15.5 Å². The first-order valence-electron chi connectivity index (χ1n) is 9.95. The van der Waals surface area contributed by atoms with Crippen LogP contribution in [0, 0.1) is 11.8 Å². The van der Waals surface area contributed by atoms with Gasteiger partial charge in [0.15, 0.2) is 0 Å². The van der Waals surface area contributed by atoms with Crippen LogP contribution in [0.4, 0.5) is 11.8 Å². The SMILES string of the molecule is CNc1ccnc(N2C[C@@H]3[C@H](CNC(=O)c4ccccc4)[C@H]4CC[C@]3(C2)O4)n1. The number of nitrogens with one attached hydrogen (secondary N) is 2. The molecule has 1 amide bonds. The van der Waals surface area contributed by atoms with Crippen molar-refractivity contribution in [3.05, 3.63) is 48.2 Å². The second-order valence-electron chi connectivity index (χ2n) is 7.98. The Labute approximate surface area is 164 Å². The van der Waals surface area contributed by atoms with Gasteiger partial charge in [0.1, 0.15) is 5.82 Å². The van der Waals surface area contributed by atoms with Crippen LogP contribution in [0.25, 0.3) is 0 Å². The normalized spacial score (nSPS) is 30.3. The van der Waals surface area contributed by atoms with Crippen LogP contribution in [0.15, 0.2) is 42.6 Å². The van der Waals surface area contributed by atoms with Crippen LogP contribution in [0.5, 0.6) is 0 Å². The Hall–Kier alpha value is -2.67. The average molecular weight is 379 g/mol. The molecule has 0 saturated carbocycles. The maximum Gasteiger partial charge on any atom is 0.251 e. The molecule has 3 fully saturated rings. The van der Waals surface area contributed by atoms with Gasteiger partial charge in [0.05, 0.1) is 18.2 Å². The number of fused-ring (bicyclic) bond motifs is 1. The highest BCUT2D eigenvalue weighted by Crippen LogP contribution is 2.54. The summed E-state index contributed by atoms with van der Waals surface area (Å²) >= 11 is 0. The van der Waals surface area contributed by atoms with E-state index in [-0.39, 0.29) is 17.6 Å². The van der Waals surface area contributed by atoms with Crippen LogP contribution in [-0.4, -0.2) is 54.3 Å². The van der Waals surface area contributed by atoms with Crippen molar-refractivity contribution in [1.29, 1.82) is 0 Å². The summed E-state index contributed by atoms with van der Waals surface area (Å²) in [6.07, 6.45) is 4.17. The van der Waals surface area contributed by atoms with Crippen molar-refractivity contribution in [3.63, 3.8) is 0 Å². The molecule has 2 bridgehead atoms. The molecule has 3 aliphatic rings. The molecule has 1 aromatic carbocycles. The zero-order valence-electron chi connectivity index (χ0n) is 16.0. The lowest BCUT2D eigenvalue weighted by Gasteiger charge is -2.29. The number of nitrogens with zero attached hydrogens (tertiary/aromatic N) is 3. The van der Waals surface area contributed by atoms with E-state index in [9.17, 15) is 4.79 Å². The van der Waals surface area contributed by atoms with Crippen molar-refractivity contribution in [2.75, 3.05) is 36.9 Å². The third-order valence-corrected chi connectivity index (χ3v) is 6.50. The van der Waals surface area contributed by atoms with Crippen molar-refractivity contribution in [2.45, 2.75) is 24.5 Å². The molecule has 5 rings (SSSR count). The number of anilines is 2. The fourth-order valence-electron chi connectivity index (χ4n) is 5.16. The van der Waals surface area contributed by atoms with E-state index in [1.807, 2.05) is 43.4 Å². The number of rotatable bonds is 5. The van der Waals surface area contributed by atoms with E-state index in [1.165, 1.54) is 0 Å². The highest BCUT2D eigenvalue weighted by atomic mass is 16.5. The molecule has 2 aromatic rings. The molecule has 2 N–H and O–H groups in total. The van der Waals surface area contributed by atoms with E-state index in [0.717, 1.165) is 37.7 Å². The lowest BCUT2D eigenvalue weighted by Crippen LogP contribution is -2.41. The number of carbonyl (C=O) groups excluding carboxylic acids is 1. The fraction of sp³-hybridized carbons (Fsp3) is 0.476. The molecule has 0 radical (unpaired) electrons. The summed E-state index contributed by atoms with van der Waals surface area (Å²) in [6, 6.07) is 11.2. The van der Waals surface area contributed by atoms with Gasteiger partial charge >= 0.3 is 0 Å². The molecule has 28 heavy (non-hydrogen) atoms.